The second-order valence-electron chi connectivity index (χ2n) is 6.25. The van der Waals surface area contributed by atoms with Crippen LogP contribution in [0.1, 0.15) is 52.9 Å². The molecule has 5 heteroatoms. The van der Waals surface area contributed by atoms with Gasteiger partial charge in [0.2, 0.25) is 10.0 Å². The van der Waals surface area contributed by atoms with Gasteiger partial charge in [0.05, 0.1) is 11.9 Å². The average molecular weight is 263 g/mol. The van der Waals surface area contributed by atoms with Crippen LogP contribution in [0.3, 0.4) is 0 Å². The van der Waals surface area contributed by atoms with Crippen LogP contribution in [0.5, 0.6) is 0 Å². The zero-order valence-corrected chi connectivity index (χ0v) is 11.9. The predicted octanol–water partition coefficient (Wildman–Crippen LogP) is 1.65. The first-order chi connectivity index (χ1) is 7.70. The van der Waals surface area contributed by atoms with E-state index >= 15 is 0 Å². The Labute approximate surface area is 105 Å². The van der Waals surface area contributed by atoms with Gasteiger partial charge in [0.25, 0.3) is 0 Å². The van der Waals surface area contributed by atoms with E-state index in [4.69, 9.17) is 0 Å². The number of nitrogens with one attached hydrogen (secondary N) is 1. The Hall–Kier alpha value is -0.130. The van der Waals surface area contributed by atoms with Gasteiger partial charge in [0.15, 0.2) is 0 Å². The van der Waals surface area contributed by atoms with E-state index in [1.165, 1.54) is 0 Å². The second-order valence-corrected chi connectivity index (χ2v) is 8.00. The Morgan fingerprint density at radius 1 is 1.18 bits per heavy atom. The average Bonchev–Trinajstić information content (AvgIpc) is 2.27. The van der Waals surface area contributed by atoms with Crippen LogP contribution in [-0.2, 0) is 10.0 Å². The molecule has 0 radical (unpaired) electrons. The highest BCUT2D eigenvalue weighted by Gasteiger charge is 2.28. The quantitative estimate of drug-likeness (QED) is 0.761. The number of hydrogen-bond acceptors (Lipinski definition) is 3. The molecule has 2 atom stereocenters. The van der Waals surface area contributed by atoms with Crippen LogP contribution in [0.4, 0.5) is 0 Å². The van der Waals surface area contributed by atoms with E-state index in [-0.39, 0.29) is 17.2 Å². The lowest BCUT2D eigenvalue weighted by atomic mass is 10.0. The molecule has 102 valence electrons. The van der Waals surface area contributed by atoms with E-state index in [9.17, 15) is 13.5 Å². The zero-order valence-electron chi connectivity index (χ0n) is 11.1. The third-order valence-corrected chi connectivity index (χ3v) is 4.84. The van der Waals surface area contributed by atoms with Gasteiger partial charge in [-0.25, -0.2) is 13.1 Å². The lowest BCUT2D eigenvalue weighted by Gasteiger charge is -2.24. The lowest BCUT2D eigenvalue weighted by Crippen LogP contribution is -2.45. The van der Waals surface area contributed by atoms with Crippen LogP contribution < -0.4 is 4.72 Å². The van der Waals surface area contributed by atoms with Gasteiger partial charge in [-0.15, -0.1) is 0 Å². The van der Waals surface area contributed by atoms with Crippen molar-refractivity contribution in [2.45, 2.75) is 65.0 Å². The molecule has 1 rings (SSSR count). The molecule has 1 aliphatic carbocycles. The van der Waals surface area contributed by atoms with Gasteiger partial charge in [-0.05, 0) is 18.3 Å². The standard InChI is InChI=1S/C12H25NO3S/c1-12(2,3)9-17(15,16)13-10-7-5-4-6-8-11(10)14/h10-11,13-14H,4-9H2,1-3H3. The highest BCUT2D eigenvalue weighted by Crippen LogP contribution is 2.20. The van der Waals surface area contributed by atoms with Crippen LogP contribution >= 0.6 is 0 Å². The van der Waals surface area contributed by atoms with Gasteiger partial charge in [-0.3, -0.25) is 0 Å². The Kier molecular flexibility index (Phi) is 4.98. The molecule has 4 nitrogen and oxygen atoms in total. The molecule has 2 unspecified atom stereocenters. The summed E-state index contributed by atoms with van der Waals surface area (Å²) in [5.41, 5.74) is -0.262. The fourth-order valence-electron chi connectivity index (χ4n) is 2.27. The largest absolute Gasteiger partial charge is 0.391 e. The summed E-state index contributed by atoms with van der Waals surface area (Å²) in [6.45, 7) is 5.70. The highest BCUT2D eigenvalue weighted by atomic mass is 32.2. The minimum atomic E-state index is -3.30. The maximum Gasteiger partial charge on any atom is 0.212 e. The fraction of sp³-hybridized carbons (Fsp3) is 1.00. The van der Waals surface area contributed by atoms with Gasteiger partial charge in [0, 0.05) is 6.04 Å². The molecule has 0 bridgehead atoms. The normalized spacial score (nSPS) is 27.8. The molecule has 0 aliphatic heterocycles. The monoisotopic (exact) mass is 263 g/mol. The predicted molar refractivity (Wildman–Crippen MR) is 69.3 cm³/mol. The summed E-state index contributed by atoms with van der Waals surface area (Å²) in [5.74, 6) is 0.100. The third-order valence-electron chi connectivity index (χ3n) is 2.93. The molecule has 0 heterocycles. The first-order valence-electron chi connectivity index (χ1n) is 6.38. The summed E-state index contributed by atoms with van der Waals surface area (Å²) < 4.78 is 26.6. The van der Waals surface area contributed by atoms with Crippen molar-refractivity contribution in [3.05, 3.63) is 0 Å². The summed E-state index contributed by atoms with van der Waals surface area (Å²) in [4.78, 5) is 0. The molecule has 2 N–H and O–H groups in total. The third kappa shape index (κ3) is 5.84. The van der Waals surface area contributed by atoms with Gasteiger partial charge in [-0.2, -0.15) is 0 Å². The van der Waals surface area contributed by atoms with Crippen molar-refractivity contribution < 1.29 is 13.5 Å². The first-order valence-corrected chi connectivity index (χ1v) is 8.03. The number of sulfonamides is 1. The van der Waals surface area contributed by atoms with Gasteiger partial charge >= 0.3 is 0 Å². The van der Waals surface area contributed by atoms with Crippen molar-refractivity contribution >= 4 is 10.0 Å². The Bertz CT molecular complexity index is 332. The number of aliphatic hydroxyl groups is 1. The van der Waals surface area contributed by atoms with E-state index in [0.29, 0.717) is 6.42 Å². The molecule has 0 aromatic rings. The van der Waals surface area contributed by atoms with Crippen LogP contribution in [0.25, 0.3) is 0 Å². The number of hydrogen-bond donors (Lipinski definition) is 2. The fourth-order valence-corrected chi connectivity index (χ4v) is 4.23. The second kappa shape index (κ2) is 5.67. The summed E-state index contributed by atoms with van der Waals surface area (Å²) in [5, 5.41) is 9.88. The highest BCUT2D eigenvalue weighted by molar-refractivity contribution is 7.89. The molecular weight excluding hydrogens is 238 g/mol. The zero-order chi connectivity index (χ0) is 13.1. The van der Waals surface area contributed by atoms with Crippen molar-refractivity contribution in [3.8, 4) is 0 Å². The summed E-state index contributed by atoms with van der Waals surface area (Å²) >= 11 is 0. The molecule has 0 amide bonds. The SMILES string of the molecule is CC(C)(C)CS(=O)(=O)NC1CCCCCC1O. The van der Waals surface area contributed by atoms with Crippen molar-refractivity contribution in [3.63, 3.8) is 0 Å². The van der Waals surface area contributed by atoms with E-state index in [0.717, 1.165) is 25.7 Å². The molecular formula is C12H25NO3S. The van der Waals surface area contributed by atoms with Crippen molar-refractivity contribution in [2.75, 3.05) is 5.75 Å². The molecule has 0 aromatic heterocycles. The van der Waals surface area contributed by atoms with Gasteiger partial charge < -0.3 is 5.11 Å². The Morgan fingerprint density at radius 2 is 1.76 bits per heavy atom. The van der Waals surface area contributed by atoms with Crippen molar-refractivity contribution in [1.29, 1.82) is 0 Å². The maximum absolute atomic E-state index is 11.9. The van der Waals surface area contributed by atoms with Crippen molar-refractivity contribution in [2.24, 2.45) is 5.41 Å². The number of rotatable bonds is 3. The molecule has 1 aliphatic rings. The van der Waals surface area contributed by atoms with Crippen molar-refractivity contribution in [1.82, 2.24) is 4.72 Å². The molecule has 0 saturated heterocycles. The van der Waals surface area contributed by atoms with Crippen LogP contribution in [0.2, 0.25) is 0 Å². The summed E-state index contributed by atoms with van der Waals surface area (Å²) in [6.07, 6.45) is 3.95. The smallest absolute Gasteiger partial charge is 0.212 e. The van der Waals surface area contributed by atoms with E-state index < -0.39 is 16.1 Å². The summed E-state index contributed by atoms with van der Waals surface area (Å²) in [7, 11) is -3.30. The molecule has 1 saturated carbocycles. The van der Waals surface area contributed by atoms with Crippen LogP contribution in [0.15, 0.2) is 0 Å². The van der Waals surface area contributed by atoms with E-state index in [1.54, 1.807) is 0 Å². The minimum Gasteiger partial charge on any atom is -0.391 e. The van der Waals surface area contributed by atoms with Gasteiger partial charge in [-0.1, -0.05) is 40.0 Å². The Morgan fingerprint density at radius 3 is 2.35 bits per heavy atom. The van der Waals surface area contributed by atoms with Crippen LogP contribution in [0, 0.1) is 5.41 Å². The Balaban J connectivity index is 2.62. The molecule has 1 fully saturated rings. The summed E-state index contributed by atoms with van der Waals surface area (Å²) in [6, 6.07) is -0.301. The van der Waals surface area contributed by atoms with E-state index in [1.807, 2.05) is 20.8 Å². The van der Waals surface area contributed by atoms with Crippen LogP contribution in [-0.4, -0.2) is 31.4 Å². The minimum absolute atomic E-state index is 0.100. The lowest BCUT2D eigenvalue weighted by molar-refractivity contribution is 0.130. The molecule has 0 aromatic carbocycles. The molecule has 0 spiro atoms. The van der Waals surface area contributed by atoms with E-state index in [2.05, 4.69) is 4.72 Å². The molecule has 17 heavy (non-hydrogen) atoms. The first kappa shape index (κ1) is 14.9. The van der Waals surface area contributed by atoms with Gasteiger partial charge in [0.1, 0.15) is 0 Å². The maximum atomic E-state index is 11.9. The number of aliphatic hydroxyl groups excluding tert-OH is 1. The topological polar surface area (TPSA) is 66.4 Å².